The second-order valence-corrected chi connectivity index (χ2v) is 4.28. The lowest BCUT2D eigenvalue weighted by Gasteiger charge is -2.20. The van der Waals surface area contributed by atoms with Crippen LogP contribution in [0, 0.1) is 17.0 Å². The standard InChI is InChI=1S/C12H17NO4/c1-10-2-4-11(5-3-10)6-7-12(8-14,9-15)13(16)17/h2-5,14-15H,6-9H2,1H3. The first-order valence-corrected chi connectivity index (χ1v) is 5.46. The van der Waals surface area contributed by atoms with Gasteiger partial charge in [-0.25, -0.2) is 0 Å². The minimum atomic E-state index is -1.63. The van der Waals surface area contributed by atoms with Crippen LogP contribution in [-0.4, -0.2) is 33.9 Å². The summed E-state index contributed by atoms with van der Waals surface area (Å²) in [7, 11) is 0. The maximum absolute atomic E-state index is 10.8. The van der Waals surface area contributed by atoms with Crippen molar-refractivity contribution in [2.24, 2.45) is 0 Å². The maximum Gasteiger partial charge on any atom is 0.267 e. The van der Waals surface area contributed by atoms with Crippen molar-refractivity contribution in [3.05, 3.63) is 45.5 Å². The largest absolute Gasteiger partial charge is 0.389 e. The number of rotatable bonds is 6. The van der Waals surface area contributed by atoms with Gasteiger partial charge in [0.2, 0.25) is 0 Å². The number of aryl methyl sites for hydroxylation is 2. The SMILES string of the molecule is Cc1ccc(CCC(CO)(CO)[N+](=O)[O-])cc1. The van der Waals surface area contributed by atoms with Crippen LogP contribution < -0.4 is 0 Å². The third kappa shape index (κ3) is 3.25. The highest BCUT2D eigenvalue weighted by Gasteiger charge is 2.41. The number of hydrogen-bond acceptors (Lipinski definition) is 4. The highest BCUT2D eigenvalue weighted by Crippen LogP contribution is 2.18. The summed E-state index contributed by atoms with van der Waals surface area (Å²) in [5.41, 5.74) is 0.451. The van der Waals surface area contributed by atoms with E-state index >= 15 is 0 Å². The number of aliphatic hydroxyl groups is 2. The van der Waals surface area contributed by atoms with Crippen molar-refractivity contribution in [3.8, 4) is 0 Å². The third-order valence-corrected chi connectivity index (χ3v) is 2.98. The molecule has 0 saturated heterocycles. The summed E-state index contributed by atoms with van der Waals surface area (Å²) in [6.07, 6.45) is 0.582. The summed E-state index contributed by atoms with van der Waals surface area (Å²) in [5.74, 6) is 0. The molecule has 2 N–H and O–H groups in total. The summed E-state index contributed by atoms with van der Waals surface area (Å²) in [6, 6.07) is 7.66. The molecule has 0 aliphatic carbocycles. The van der Waals surface area contributed by atoms with Gasteiger partial charge in [0.15, 0.2) is 0 Å². The number of nitro groups is 1. The Morgan fingerprint density at radius 3 is 2.18 bits per heavy atom. The van der Waals surface area contributed by atoms with Crippen LogP contribution >= 0.6 is 0 Å². The van der Waals surface area contributed by atoms with Crippen LogP contribution in [0.1, 0.15) is 17.5 Å². The summed E-state index contributed by atoms with van der Waals surface area (Å²) >= 11 is 0. The molecule has 0 radical (unpaired) electrons. The van der Waals surface area contributed by atoms with E-state index in [2.05, 4.69) is 0 Å². The molecular formula is C12H17NO4. The van der Waals surface area contributed by atoms with Crippen LogP contribution in [0.15, 0.2) is 24.3 Å². The minimum absolute atomic E-state index is 0.121. The predicted octanol–water partition coefficient (Wildman–Crippen LogP) is 0.928. The van der Waals surface area contributed by atoms with E-state index in [1.165, 1.54) is 0 Å². The molecule has 5 heteroatoms. The number of aliphatic hydroxyl groups excluding tert-OH is 2. The molecule has 1 aromatic carbocycles. The Kier molecular flexibility index (Phi) is 4.60. The monoisotopic (exact) mass is 239 g/mol. The highest BCUT2D eigenvalue weighted by molar-refractivity contribution is 5.21. The van der Waals surface area contributed by atoms with E-state index in [1.807, 2.05) is 31.2 Å². The van der Waals surface area contributed by atoms with Gasteiger partial charge in [0.25, 0.3) is 5.54 Å². The molecule has 0 bridgehead atoms. The topological polar surface area (TPSA) is 83.6 Å². The highest BCUT2D eigenvalue weighted by atomic mass is 16.6. The number of nitrogens with zero attached hydrogens (tertiary/aromatic N) is 1. The second kappa shape index (κ2) is 5.75. The molecule has 5 nitrogen and oxygen atoms in total. The fourth-order valence-electron chi connectivity index (χ4n) is 1.55. The van der Waals surface area contributed by atoms with Crippen LogP contribution in [-0.2, 0) is 6.42 Å². The zero-order chi connectivity index (χ0) is 12.9. The van der Waals surface area contributed by atoms with Crippen molar-refractivity contribution < 1.29 is 15.1 Å². The third-order valence-electron chi connectivity index (χ3n) is 2.98. The molecule has 0 aromatic heterocycles. The summed E-state index contributed by atoms with van der Waals surface area (Å²) in [6.45, 7) is 0.664. The molecule has 0 amide bonds. The molecule has 0 heterocycles. The molecule has 0 unspecified atom stereocenters. The molecule has 0 fully saturated rings. The van der Waals surface area contributed by atoms with E-state index in [0.29, 0.717) is 6.42 Å². The van der Waals surface area contributed by atoms with E-state index in [1.54, 1.807) is 0 Å². The molecular weight excluding hydrogens is 222 g/mol. The van der Waals surface area contributed by atoms with Gasteiger partial charge in [0.05, 0.1) is 0 Å². The zero-order valence-corrected chi connectivity index (χ0v) is 9.80. The number of hydrogen-bond donors (Lipinski definition) is 2. The quantitative estimate of drug-likeness (QED) is 0.571. The average Bonchev–Trinajstić information content (AvgIpc) is 2.33. The van der Waals surface area contributed by atoms with Crippen molar-refractivity contribution in [2.45, 2.75) is 25.3 Å². The predicted molar refractivity (Wildman–Crippen MR) is 63.4 cm³/mol. The van der Waals surface area contributed by atoms with E-state index in [4.69, 9.17) is 10.2 Å². The first-order chi connectivity index (χ1) is 8.04. The van der Waals surface area contributed by atoms with Gasteiger partial charge < -0.3 is 10.2 Å². The number of benzene rings is 1. The van der Waals surface area contributed by atoms with Crippen molar-refractivity contribution in [1.82, 2.24) is 0 Å². The van der Waals surface area contributed by atoms with Crippen LogP contribution in [0.3, 0.4) is 0 Å². The van der Waals surface area contributed by atoms with E-state index in [-0.39, 0.29) is 6.42 Å². The first-order valence-electron chi connectivity index (χ1n) is 5.46. The lowest BCUT2D eigenvalue weighted by atomic mass is 9.93. The average molecular weight is 239 g/mol. The van der Waals surface area contributed by atoms with Crippen molar-refractivity contribution >= 4 is 0 Å². The summed E-state index contributed by atoms with van der Waals surface area (Å²) in [4.78, 5) is 10.2. The van der Waals surface area contributed by atoms with Gasteiger partial charge >= 0.3 is 0 Å². The van der Waals surface area contributed by atoms with Gasteiger partial charge in [-0.3, -0.25) is 10.1 Å². The van der Waals surface area contributed by atoms with Crippen LogP contribution in [0.2, 0.25) is 0 Å². The van der Waals surface area contributed by atoms with Gasteiger partial charge in [-0.15, -0.1) is 0 Å². The second-order valence-electron chi connectivity index (χ2n) is 4.28. The molecule has 1 rings (SSSR count). The maximum atomic E-state index is 10.8. The zero-order valence-electron chi connectivity index (χ0n) is 9.80. The molecule has 17 heavy (non-hydrogen) atoms. The Bertz CT molecular complexity index is 371. The Labute approximate surface area is 99.9 Å². The fourth-order valence-corrected chi connectivity index (χ4v) is 1.55. The van der Waals surface area contributed by atoms with E-state index in [0.717, 1.165) is 11.1 Å². The molecule has 0 aliphatic rings. The van der Waals surface area contributed by atoms with E-state index in [9.17, 15) is 10.1 Å². The van der Waals surface area contributed by atoms with Gasteiger partial charge in [-0.2, -0.15) is 0 Å². The van der Waals surface area contributed by atoms with Gasteiger partial charge in [-0.1, -0.05) is 29.8 Å². The van der Waals surface area contributed by atoms with Crippen molar-refractivity contribution in [1.29, 1.82) is 0 Å². The van der Waals surface area contributed by atoms with Crippen molar-refractivity contribution in [3.63, 3.8) is 0 Å². The van der Waals surface area contributed by atoms with Gasteiger partial charge in [-0.05, 0) is 18.9 Å². The van der Waals surface area contributed by atoms with Crippen LogP contribution in [0.25, 0.3) is 0 Å². The molecule has 0 atom stereocenters. The minimum Gasteiger partial charge on any atom is -0.389 e. The summed E-state index contributed by atoms with van der Waals surface area (Å²) < 4.78 is 0. The van der Waals surface area contributed by atoms with Crippen molar-refractivity contribution in [2.75, 3.05) is 13.2 Å². The molecule has 0 saturated carbocycles. The lowest BCUT2D eigenvalue weighted by molar-refractivity contribution is -0.578. The Morgan fingerprint density at radius 2 is 1.76 bits per heavy atom. The molecule has 0 spiro atoms. The Hall–Kier alpha value is -1.46. The lowest BCUT2D eigenvalue weighted by Crippen LogP contribution is -2.46. The normalized spacial score (nSPS) is 11.5. The summed E-state index contributed by atoms with van der Waals surface area (Å²) in [5, 5.41) is 29.0. The van der Waals surface area contributed by atoms with Gasteiger partial charge in [0, 0.05) is 11.3 Å². The molecule has 0 aliphatic heterocycles. The first kappa shape index (κ1) is 13.6. The Morgan fingerprint density at radius 1 is 1.24 bits per heavy atom. The van der Waals surface area contributed by atoms with Crippen LogP contribution in [0.5, 0.6) is 0 Å². The Balaban J connectivity index is 2.70. The smallest absolute Gasteiger partial charge is 0.267 e. The van der Waals surface area contributed by atoms with Crippen LogP contribution in [0.4, 0.5) is 0 Å². The molecule has 94 valence electrons. The molecule has 1 aromatic rings. The fraction of sp³-hybridized carbons (Fsp3) is 0.500. The van der Waals surface area contributed by atoms with Gasteiger partial charge in [0.1, 0.15) is 13.2 Å². The van der Waals surface area contributed by atoms with E-state index < -0.39 is 23.7 Å².